The molecule has 98 valence electrons. The summed E-state index contributed by atoms with van der Waals surface area (Å²) in [5.41, 5.74) is 6.47. The van der Waals surface area contributed by atoms with Crippen LogP contribution in [0.1, 0.15) is 11.5 Å². The first-order chi connectivity index (χ1) is 8.66. The Morgan fingerprint density at radius 3 is 3.00 bits per heavy atom. The van der Waals surface area contributed by atoms with Gasteiger partial charge in [-0.2, -0.15) is 11.8 Å². The van der Waals surface area contributed by atoms with Gasteiger partial charge in [-0.15, -0.1) is 0 Å². The highest BCUT2D eigenvalue weighted by atomic mass is 32.2. The molecule has 0 fully saturated rings. The lowest BCUT2D eigenvalue weighted by molar-refractivity contribution is 0.525. The van der Waals surface area contributed by atoms with Crippen LogP contribution < -0.4 is 11.1 Å². The third-order valence-corrected chi connectivity index (χ3v) is 3.87. The molecule has 7 nitrogen and oxygen atoms in total. The number of nitrogen functional groups attached to an aromatic ring is 1. The summed E-state index contributed by atoms with van der Waals surface area (Å²) in [7, 11) is 0. The van der Waals surface area contributed by atoms with Crippen LogP contribution in [0.25, 0.3) is 0 Å². The number of nitrogens with zero attached hydrogens (tertiary/aromatic N) is 3. The largest absolute Gasteiger partial charge is 0.546 e. The minimum Gasteiger partial charge on any atom is -0.546 e. The second-order valence-corrected chi connectivity index (χ2v) is 5.41. The Morgan fingerprint density at radius 1 is 1.56 bits per heavy atom. The fourth-order valence-electron chi connectivity index (χ4n) is 1.27. The van der Waals surface area contributed by atoms with Crippen molar-refractivity contribution in [3.05, 3.63) is 17.8 Å². The number of anilines is 2. The molecule has 0 bridgehead atoms. The molecule has 2 heterocycles. The Kier molecular flexibility index (Phi) is 4.39. The van der Waals surface area contributed by atoms with E-state index in [4.69, 9.17) is 10.2 Å². The van der Waals surface area contributed by atoms with Gasteiger partial charge in [0.25, 0.3) is 0 Å². The first-order valence-electron chi connectivity index (χ1n) is 5.22. The lowest BCUT2D eigenvalue weighted by Crippen LogP contribution is -2.06. The van der Waals surface area contributed by atoms with Gasteiger partial charge in [-0.25, -0.2) is 4.98 Å². The molecule has 0 saturated heterocycles. The molecule has 0 aromatic carbocycles. The van der Waals surface area contributed by atoms with Crippen molar-refractivity contribution in [1.29, 1.82) is 0 Å². The maximum absolute atomic E-state index is 10.9. The van der Waals surface area contributed by atoms with Gasteiger partial charge in [-0.05, 0) is 6.92 Å². The molecule has 2 aromatic heterocycles. The standard InChI is InChI=1S/C9H13N5O2S2/c1-6-7(12-5-16-6)4-17-3-2-11-9-8(10)13-18(15)14-9/h5H,2-4H2,1H3,(H2,10,13)(H,11,14). The average Bonchev–Trinajstić information content (AvgIpc) is 2.86. The van der Waals surface area contributed by atoms with Crippen LogP contribution in [-0.4, -0.2) is 30.6 Å². The summed E-state index contributed by atoms with van der Waals surface area (Å²) in [6.45, 7) is 2.56. The zero-order valence-corrected chi connectivity index (χ0v) is 11.4. The van der Waals surface area contributed by atoms with Crippen LogP contribution in [0.3, 0.4) is 0 Å². The number of nitrogens with two attached hydrogens (primary N) is 1. The fourth-order valence-corrected chi connectivity index (χ4v) is 2.74. The lowest BCUT2D eigenvalue weighted by Gasteiger charge is -2.01. The maximum Gasteiger partial charge on any atom is 0.232 e. The van der Waals surface area contributed by atoms with Crippen molar-refractivity contribution in [1.82, 2.24) is 13.7 Å². The second-order valence-electron chi connectivity index (χ2n) is 3.48. The molecule has 0 aliphatic heterocycles. The molecule has 3 N–H and O–H groups in total. The summed E-state index contributed by atoms with van der Waals surface area (Å²) in [4.78, 5) is 4.10. The molecular formula is C9H13N5O2S2. The molecule has 0 aliphatic carbocycles. The van der Waals surface area contributed by atoms with E-state index >= 15 is 0 Å². The number of hydrogen-bond donors (Lipinski definition) is 2. The number of hydrogen-bond acceptors (Lipinski definition) is 8. The normalized spacial score (nSPS) is 11.8. The van der Waals surface area contributed by atoms with Gasteiger partial charge in [0, 0.05) is 26.8 Å². The molecule has 0 saturated carbocycles. The zero-order valence-electron chi connectivity index (χ0n) is 9.75. The number of aromatic nitrogens is 3. The van der Waals surface area contributed by atoms with Crippen molar-refractivity contribution in [2.45, 2.75) is 12.7 Å². The van der Waals surface area contributed by atoms with E-state index in [-0.39, 0.29) is 5.82 Å². The van der Waals surface area contributed by atoms with Crippen molar-refractivity contribution < 1.29 is 8.97 Å². The summed E-state index contributed by atoms with van der Waals surface area (Å²) in [5.74, 6) is 3.11. The van der Waals surface area contributed by atoms with Crippen molar-refractivity contribution in [3.8, 4) is 0 Å². The van der Waals surface area contributed by atoms with Gasteiger partial charge in [0.15, 0.2) is 17.5 Å². The Balaban J connectivity index is 1.67. The highest BCUT2D eigenvalue weighted by Crippen LogP contribution is 2.19. The molecular weight excluding hydrogens is 274 g/mol. The van der Waals surface area contributed by atoms with Crippen molar-refractivity contribution in [3.63, 3.8) is 0 Å². The summed E-state index contributed by atoms with van der Waals surface area (Å²) >= 11 is 0.156. The molecule has 1 atom stereocenters. The van der Waals surface area contributed by atoms with Gasteiger partial charge in [-0.1, -0.05) is 0 Å². The molecule has 2 aromatic rings. The highest BCUT2D eigenvalue weighted by Gasteiger charge is 2.11. The minimum atomic E-state index is -1.56. The third-order valence-electron chi connectivity index (χ3n) is 2.21. The summed E-state index contributed by atoms with van der Waals surface area (Å²) in [6.07, 6.45) is 1.45. The van der Waals surface area contributed by atoms with Crippen LogP contribution in [0.15, 0.2) is 10.8 Å². The number of thioether (sulfide) groups is 1. The number of aryl methyl sites for hydroxylation is 1. The van der Waals surface area contributed by atoms with E-state index in [1.165, 1.54) is 6.39 Å². The van der Waals surface area contributed by atoms with Crippen LogP contribution >= 0.6 is 22.9 Å². The van der Waals surface area contributed by atoms with Crippen LogP contribution in [0.5, 0.6) is 0 Å². The fraction of sp³-hybridized carbons (Fsp3) is 0.444. The minimum absolute atomic E-state index is 0.200. The van der Waals surface area contributed by atoms with Gasteiger partial charge >= 0.3 is 0 Å². The average molecular weight is 287 g/mol. The van der Waals surface area contributed by atoms with Crippen LogP contribution in [0, 0.1) is 6.92 Å². The Hall–Kier alpha value is -1.32. The van der Waals surface area contributed by atoms with Crippen molar-refractivity contribution >= 4 is 34.5 Å². The topological polar surface area (TPSA) is 113 Å². The summed E-state index contributed by atoms with van der Waals surface area (Å²) in [6, 6.07) is 0. The molecule has 0 spiro atoms. The zero-order chi connectivity index (χ0) is 13.0. The number of rotatable bonds is 6. The van der Waals surface area contributed by atoms with E-state index in [0.717, 1.165) is 23.0 Å². The van der Waals surface area contributed by atoms with Gasteiger partial charge in [0.05, 0.1) is 5.69 Å². The molecule has 1 unspecified atom stereocenters. The molecule has 0 radical (unpaired) electrons. The number of nitrogens with one attached hydrogen (secondary N) is 1. The van der Waals surface area contributed by atoms with Crippen LogP contribution in [0.4, 0.5) is 11.6 Å². The van der Waals surface area contributed by atoms with Gasteiger partial charge in [0.2, 0.25) is 11.6 Å². The van der Waals surface area contributed by atoms with E-state index in [0.29, 0.717) is 12.4 Å². The summed E-state index contributed by atoms with van der Waals surface area (Å²) in [5, 5.41) is 2.99. The molecule has 0 amide bonds. The smallest absolute Gasteiger partial charge is 0.232 e. The van der Waals surface area contributed by atoms with Gasteiger partial charge < -0.3 is 20.0 Å². The maximum atomic E-state index is 10.9. The molecule has 9 heteroatoms. The van der Waals surface area contributed by atoms with E-state index in [9.17, 15) is 4.55 Å². The molecule has 2 rings (SSSR count). The van der Waals surface area contributed by atoms with E-state index in [1.807, 2.05) is 6.92 Å². The quantitative estimate of drug-likeness (QED) is 0.606. The predicted octanol–water partition coefficient (Wildman–Crippen LogP) is 1.43. The highest BCUT2D eigenvalue weighted by molar-refractivity contribution is 7.98. The van der Waals surface area contributed by atoms with Gasteiger partial charge in [-0.3, -0.25) is 0 Å². The van der Waals surface area contributed by atoms with Crippen molar-refractivity contribution in [2.24, 2.45) is 0 Å². The second kappa shape index (κ2) is 6.03. The number of oxazole rings is 1. The molecule has 0 aliphatic rings. The van der Waals surface area contributed by atoms with Crippen LogP contribution in [0.2, 0.25) is 0 Å². The summed E-state index contributed by atoms with van der Waals surface area (Å²) < 4.78 is 23.4. The van der Waals surface area contributed by atoms with Crippen molar-refractivity contribution in [2.75, 3.05) is 23.3 Å². The Labute approximate surface area is 111 Å². The Morgan fingerprint density at radius 2 is 2.39 bits per heavy atom. The SMILES string of the molecule is Cc1ocnc1CSCCNc1n[s+]([O-])nc1N. The Bertz CT molecular complexity index is 513. The van der Waals surface area contributed by atoms with Gasteiger partial charge in [0.1, 0.15) is 5.76 Å². The predicted molar refractivity (Wildman–Crippen MR) is 71.0 cm³/mol. The van der Waals surface area contributed by atoms with E-state index in [1.54, 1.807) is 11.8 Å². The third kappa shape index (κ3) is 3.34. The van der Waals surface area contributed by atoms with Crippen LogP contribution in [-0.2, 0) is 5.75 Å². The van der Waals surface area contributed by atoms with E-state index < -0.39 is 11.1 Å². The lowest BCUT2D eigenvalue weighted by atomic mass is 10.4. The molecule has 18 heavy (non-hydrogen) atoms. The first kappa shape index (κ1) is 13.1. The van der Waals surface area contributed by atoms with E-state index in [2.05, 4.69) is 19.0 Å². The monoisotopic (exact) mass is 287 g/mol. The first-order valence-corrected chi connectivity index (χ1v) is 7.44.